The molecule has 6 rings (SSSR count). The summed E-state index contributed by atoms with van der Waals surface area (Å²) in [5.74, 6) is 0.829. The fraction of sp³-hybridized carbons (Fsp3) is 0.231. The first-order valence-corrected chi connectivity index (χ1v) is 10.9. The lowest BCUT2D eigenvalue weighted by Crippen LogP contribution is -2.31. The number of nitrogens with two attached hydrogens (primary N) is 1. The fourth-order valence-corrected chi connectivity index (χ4v) is 4.77. The smallest absolute Gasteiger partial charge is 0.283 e. The molecule has 3 aromatic rings. The Morgan fingerprint density at radius 1 is 1.03 bits per heavy atom. The van der Waals surface area contributed by atoms with Crippen molar-refractivity contribution in [2.24, 2.45) is 10.7 Å². The first-order valence-electron chi connectivity index (χ1n) is 10.9. The Kier molecular flexibility index (Phi) is 4.48. The number of benzene rings is 2. The Bertz CT molecular complexity index is 1350. The number of amidine groups is 1. The molecule has 3 aliphatic heterocycles. The van der Waals surface area contributed by atoms with Crippen LogP contribution in [0.5, 0.6) is 11.5 Å². The van der Waals surface area contributed by atoms with Crippen molar-refractivity contribution in [3.05, 3.63) is 82.9 Å². The standard InChI is InChI=1S/C26H22FN3O3/c1-15-10-19(24(27)29-13-15)18-3-5-23-21(12-18)26(14-32-25(28)30-26)20-11-17(2-4-22(20)33-23)16-6-8-31-9-7-16/h2-6,10-13H,7-9,14H2,1H3,(H2,28,30)/t26-/m1/s1. The van der Waals surface area contributed by atoms with E-state index < -0.39 is 11.5 Å². The summed E-state index contributed by atoms with van der Waals surface area (Å²) in [6.07, 6.45) is 4.46. The summed E-state index contributed by atoms with van der Waals surface area (Å²) in [5, 5.41) is 0. The highest BCUT2D eigenvalue weighted by atomic mass is 19.1. The van der Waals surface area contributed by atoms with Crippen LogP contribution in [0.25, 0.3) is 16.7 Å². The quantitative estimate of drug-likeness (QED) is 0.581. The first-order chi connectivity index (χ1) is 16.0. The van der Waals surface area contributed by atoms with Crippen LogP contribution >= 0.6 is 0 Å². The molecule has 1 spiro atoms. The molecule has 6 nitrogen and oxygen atoms in total. The number of nitrogens with zero attached hydrogens (tertiary/aromatic N) is 2. The third-order valence-corrected chi connectivity index (χ3v) is 6.42. The zero-order chi connectivity index (χ0) is 22.6. The molecule has 1 aromatic heterocycles. The lowest BCUT2D eigenvalue weighted by molar-refractivity contribution is 0.161. The van der Waals surface area contributed by atoms with Crippen LogP contribution in [-0.2, 0) is 15.0 Å². The summed E-state index contributed by atoms with van der Waals surface area (Å²) >= 11 is 0. The summed E-state index contributed by atoms with van der Waals surface area (Å²) in [4.78, 5) is 8.64. The predicted octanol–water partition coefficient (Wildman–Crippen LogP) is 4.69. The van der Waals surface area contributed by atoms with Gasteiger partial charge >= 0.3 is 0 Å². The van der Waals surface area contributed by atoms with Gasteiger partial charge in [0, 0.05) is 22.9 Å². The van der Waals surface area contributed by atoms with Gasteiger partial charge in [0.15, 0.2) is 5.54 Å². The lowest BCUT2D eigenvalue weighted by Gasteiger charge is -2.34. The Morgan fingerprint density at radius 2 is 1.79 bits per heavy atom. The van der Waals surface area contributed by atoms with Gasteiger partial charge in [-0.25, -0.2) is 9.98 Å². The molecule has 0 bridgehead atoms. The summed E-state index contributed by atoms with van der Waals surface area (Å²) in [5.41, 5.74) is 11.1. The number of hydrogen-bond acceptors (Lipinski definition) is 6. The van der Waals surface area contributed by atoms with Crippen LogP contribution in [0.2, 0.25) is 0 Å². The Labute approximate surface area is 190 Å². The lowest BCUT2D eigenvalue weighted by atomic mass is 9.79. The number of pyridine rings is 1. The second kappa shape index (κ2) is 7.42. The van der Waals surface area contributed by atoms with Crippen LogP contribution in [0.4, 0.5) is 4.39 Å². The van der Waals surface area contributed by atoms with Gasteiger partial charge in [0.2, 0.25) is 5.95 Å². The number of fused-ring (bicyclic) bond motifs is 4. The van der Waals surface area contributed by atoms with Crippen LogP contribution in [0.1, 0.15) is 28.7 Å². The first kappa shape index (κ1) is 19.9. The molecule has 0 unspecified atom stereocenters. The molecule has 0 amide bonds. The molecule has 33 heavy (non-hydrogen) atoms. The number of hydrogen-bond donors (Lipinski definition) is 1. The number of aryl methyl sites for hydroxylation is 1. The van der Waals surface area contributed by atoms with E-state index in [1.54, 1.807) is 6.07 Å². The average molecular weight is 443 g/mol. The van der Waals surface area contributed by atoms with Gasteiger partial charge in [0.05, 0.1) is 13.2 Å². The molecule has 0 saturated heterocycles. The molecular formula is C26H22FN3O3. The van der Waals surface area contributed by atoms with Gasteiger partial charge in [0.25, 0.3) is 6.02 Å². The van der Waals surface area contributed by atoms with Crippen molar-refractivity contribution < 1.29 is 18.6 Å². The zero-order valence-corrected chi connectivity index (χ0v) is 18.1. The van der Waals surface area contributed by atoms with E-state index in [1.165, 1.54) is 11.8 Å². The largest absolute Gasteiger partial charge is 0.462 e. The van der Waals surface area contributed by atoms with E-state index in [9.17, 15) is 4.39 Å². The Morgan fingerprint density at radius 3 is 2.48 bits per heavy atom. The molecule has 0 aliphatic carbocycles. The minimum absolute atomic E-state index is 0.123. The second-order valence-corrected chi connectivity index (χ2v) is 8.53. The molecule has 166 valence electrons. The van der Waals surface area contributed by atoms with E-state index in [0.717, 1.165) is 28.7 Å². The van der Waals surface area contributed by atoms with E-state index in [4.69, 9.17) is 24.9 Å². The summed E-state index contributed by atoms with van der Waals surface area (Å²) < 4.78 is 32.0. The highest BCUT2D eigenvalue weighted by molar-refractivity contribution is 5.79. The van der Waals surface area contributed by atoms with E-state index >= 15 is 0 Å². The van der Waals surface area contributed by atoms with Crippen LogP contribution in [0.3, 0.4) is 0 Å². The maximum absolute atomic E-state index is 14.6. The molecule has 7 heteroatoms. The van der Waals surface area contributed by atoms with Crippen molar-refractivity contribution in [3.63, 3.8) is 0 Å². The van der Waals surface area contributed by atoms with Crippen LogP contribution < -0.4 is 10.5 Å². The molecule has 4 heterocycles. The van der Waals surface area contributed by atoms with Gasteiger partial charge in [-0.1, -0.05) is 18.2 Å². The third kappa shape index (κ3) is 3.19. The van der Waals surface area contributed by atoms with Gasteiger partial charge < -0.3 is 19.9 Å². The monoisotopic (exact) mass is 443 g/mol. The normalized spacial score (nSPS) is 20.9. The van der Waals surface area contributed by atoms with Crippen LogP contribution in [0, 0.1) is 12.9 Å². The number of halogens is 1. The van der Waals surface area contributed by atoms with Crippen molar-refractivity contribution in [1.29, 1.82) is 0 Å². The van der Waals surface area contributed by atoms with Gasteiger partial charge in [-0.05, 0) is 65.9 Å². The average Bonchev–Trinajstić information content (AvgIpc) is 3.23. The van der Waals surface area contributed by atoms with Crippen molar-refractivity contribution in [2.75, 3.05) is 19.8 Å². The second-order valence-electron chi connectivity index (χ2n) is 8.53. The summed E-state index contributed by atoms with van der Waals surface area (Å²) in [6.45, 7) is 3.43. The Balaban J connectivity index is 1.54. The summed E-state index contributed by atoms with van der Waals surface area (Å²) in [7, 11) is 0. The topological polar surface area (TPSA) is 79.0 Å². The molecule has 1 atom stereocenters. The zero-order valence-electron chi connectivity index (χ0n) is 18.1. The van der Waals surface area contributed by atoms with Gasteiger partial charge in [0.1, 0.15) is 18.1 Å². The van der Waals surface area contributed by atoms with Crippen molar-refractivity contribution in [1.82, 2.24) is 4.98 Å². The van der Waals surface area contributed by atoms with E-state index in [-0.39, 0.29) is 12.6 Å². The van der Waals surface area contributed by atoms with E-state index in [0.29, 0.717) is 35.8 Å². The van der Waals surface area contributed by atoms with Crippen LogP contribution in [-0.4, -0.2) is 30.8 Å². The van der Waals surface area contributed by atoms with Crippen LogP contribution in [0.15, 0.2) is 59.7 Å². The van der Waals surface area contributed by atoms with Gasteiger partial charge in [-0.3, -0.25) is 0 Å². The maximum atomic E-state index is 14.6. The molecule has 0 saturated carbocycles. The van der Waals surface area contributed by atoms with E-state index in [1.807, 2.05) is 31.2 Å². The van der Waals surface area contributed by atoms with Crippen molar-refractivity contribution >= 4 is 11.6 Å². The molecule has 2 aromatic carbocycles. The predicted molar refractivity (Wildman–Crippen MR) is 123 cm³/mol. The fourth-order valence-electron chi connectivity index (χ4n) is 4.77. The SMILES string of the molecule is Cc1cnc(F)c(-c2ccc3c(c2)[C@@]2(COC(N)=N2)c2cc(C4=CCOCC4)ccc2O3)c1. The minimum atomic E-state index is -0.877. The Hall–Kier alpha value is -3.71. The highest BCUT2D eigenvalue weighted by Crippen LogP contribution is 2.52. The van der Waals surface area contributed by atoms with E-state index in [2.05, 4.69) is 23.2 Å². The number of aromatic nitrogens is 1. The molecule has 0 radical (unpaired) electrons. The number of ether oxygens (including phenoxy) is 3. The molecular weight excluding hydrogens is 421 g/mol. The molecule has 0 fully saturated rings. The third-order valence-electron chi connectivity index (χ3n) is 6.42. The van der Waals surface area contributed by atoms with Crippen molar-refractivity contribution in [3.8, 4) is 22.6 Å². The van der Waals surface area contributed by atoms with Gasteiger partial charge in [-0.2, -0.15) is 4.39 Å². The maximum Gasteiger partial charge on any atom is 0.283 e. The number of aliphatic imine (C=N–C) groups is 1. The number of rotatable bonds is 2. The van der Waals surface area contributed by atoms with Gasteiger partial charge in [-0.15, -0.1) is 0 Å². The minimum Gasteiger partial charge on any atom is -0.462 e. The molecule has 3 aliphatic rings. The highest BCUT2D eigenvalue weighted by Gasteiger charge is 2.47. The summed E-state index contributed by atoms with van der Waals surface area (Å²) in [6, 6.07) is 13.6. The molecule has 2 N–H and O–H groups in total. The van der Waals surface area contributed by atoms with Crippen molar-refractivity contribution in [2.45, 2.75) is 18.9 Å².